The van der Waals surface area contributed by atoms with Crippen molar-refractivity contribution in [1.29, 1.82) is 0 Å². The Hall–Kier alpha value is -1.86. The molecule has 1 aromatic rings. The number of aliphatic hydroxyl groups is 1. The highest BCUT2D eigenvalue weighted by atomic mass is 16.6. The van der Waals surface area contributed by atoms with Gasteiger partial charge in [-0.05, 0) is 6.07 Å². The predicted octanol–water partition coefficient (Wildman–Crippen LogP) is 1.33. The van der Waals surface area contributed by atoms with Crippen LogP contribution < -0.4 is 0 Å². The lowest BCUT2D eigenvalue weighted by Crippen LogP contribution is -1.91. The molecule has 14 heavy (non-hydrogen) atoms. The number of para-hydroxylation sites is 1. The molecule has 0 spiro atoms. The van der Waals surface area contributed by atoms with Gasteiger partial charge in [0.2, 0.25) is 0 Å². The number of nitro benzene ring substituents is 1. The second-order valence-electron chi connectivity index (χ2n) is 2.55. The molecule has 0 saturated carbocycles. The van der Waals surface area contributed by atoms with Crippen LogP contribution in [0, 0.1) is 22.0 Å². The smallest absolute Gasteiger partial charge is 0.284 e. The summed E-state index contributed by atoms with van der Waals surface area (Å²) in [4.78, 5) is 10.1. The molecular weight excluding hydrogens is 182 g/mol. The van der Waals surface area contributed by atoms with Crippen LogP contribution in [0.25, 0.3) is 0 Å². The van der Waals surface area contributed by atoms with Crippen LogP contribution in [0.5, 0.6) is 0 Å². The zero-order valence-electron chi connectivity index (χ0n) is 7.43. The molecule has 0 bridgehead atoms. The second kappa shape index (κ2) is 5.00. The fourth-order valence-corrected chi connectivity index (χ4v) is 0.952. The summed E-state index contributed by atoms with van der Waals surface area (Å²) >= 11 is 0. The van der Waals surface area contributed by atoms with Crippen LogP contribution in [0.15, 0.2) is 24.3 Å². The van der Waals surface area contributed by atoms with Crippen molar-refractivity contribution in [3.8, 4) is 11.8 Å². The highest BCUT2D eigenvalue weighted by molar-refractivity contribution is 5.50. The summed E-state index contributed by atoms with van der Waals surface area (Å²) in [5.41, 5.74) is 0.379. The minimum atomic E-state index is -0.469. The molecule has 72 valence electrons. The maximum atomic E-state index is 10.5. The monoisotopic (exact) mass is 191 g/mol. The normalized spacial score (nSPS) is 8.93. The van der Waals surface area contributed by atoms with Crippen LogP contribution in [0.2, 0.25) is 0 Å². The summed E-state index contributed by atoms with van der Waals surface area (Å²) in [5.74, 6) is 5.29. The molecule has 0 aliphatic rings. The van der Waals surface area contributed by atoms with Crippen LogP contribution in [0.1, 0.15) is 12.0 Å². The van der Waals surface area contributed by atoms with E-state index in [4.69, 9.17) is 5.11 Å². The maximum absolute atomic E-state index is 10.5. The van der Waals surface area contributed by atoms with E-state index in [1.807, 2.05) is 0 Å². The van der Waals surface area contributed by atoms with E-state index in [-0.39, 0.29) is 12.3 Å². The van der Waals surface area contributed by atoms with Crippen LogP contribution in [-0.2, 0) is 0 Å². The van der Waals surface area contributed by atoms with Crippen LogP contribution in [-0.4, -0.2) is 16.6 Å². The third kappa shape index (κ3) is 2.57. The number of hydrogen-bond donors (Lipinski definition) is 1. The molecule has 0 aliphatic heterocycles. The van der Waals surface area contributed by atoms with E-state index in [9.17, 15) is 10.1 Å². The van der Waals surface area contributed by atoms with Gasteiger partial charge in [0.05, 0.1) is 11.5 Å². The van der Waals surface area contributed by atoms with E-state index in [2.05, 4.69) is 11.8 Å². The number of rotatable bonds is 2. The molecule has 1 rings (SSSR count). The van der Waals surface area contributed by atoms with Crippen molar-refractivity contribution in [1.82, 2.24) is 0 Å². The molecule has 0 aliphatic carbocycles. The summed E-state index contributed by atoms with van der Waals surface area (Å²) in [5, 5.41) is 19.0. The second-order valence-corrected chi connectivity index (χ2v) is 2.55. The van der Waals surface area contributed by atoms with E-state index in [0.717, 1.165) is 0 Å². The molecule has 0 atom stereocenters. The van der Waals surface area contributed by atoms with Crippen molar-refractivity contribution in [3.05, 3.63) is 39.9 Å². The molecule has 0 aromatic heterocycles. The average Bonchev–Trinajstić information content (AvgIpc) is 2.19. The van der Waals surface area contributed by atoms with E-state index >= 15 is 0 Å². The van der Waals surface area contributed by atoms with Gasteiger partial charge in [-0.15, -0.1) is 0 Å². The molecule has 4 heteroatoms. The number of nitro groups is 1. The molecule has 1 N–H and O–H groups in total. The third-order valence-corrected chi connectivity index (χ3v) is 1.56. The Morgan fingerprint density at radius 2 is 2.14 bits per heavy atom. The van der Waals surface area contributed by atoms with Gasteiger partial charge in [0, 0.05) is 12.5 Å². The zero-order valence-corrected chi connectivity index (χ0v) is 7.43. The quantitative estimate of drug-likeness (QED) is 0.435. The summed E-state index contributed by atoms with van der Waals surface area (Å²) in [6, 6.07) is 6.27. The topological polar surface area (TPSA) is 63.4 Å². The lowest BCUT2D eigenvalue weighted by molar-refractivity contribution is -0.385. The zero-order chi connectivity index (χ0) is 10.4. The maximum Gasteiger partial charge on any atom is 0.284 e. The number of nitrogens with zero attached hydrogens (tertiary/aromatic N) is 1. The van der Waals surface area contributed by atoms with Gasteiger partial charge in [-0.3, -0.25) is 10.1 Å². The Kier molecular flexibility index (Phi) is 3.65. The van der Waals surface area contributed by atoms with Crippen molar-refractivity contribution in [3.63, 3.8) is 0 Å². The Labute approximate surface area is 81.3 Å². The van der Waals surface area contributed by atoms with Gasteiger partial charge in [-0.2, -0.15) is 0 Å². The van der Waals surface area contributed by atoms with Crippen LogP contribution in [0.4, 0.5) is 5.69 Å². The SMILES string of the molecule is O=[N+]([O-])c1ccccc1C#CCCO. The Morgan fingerprint density at radius 1 is 1.43 bits per heavy atom. The number of hydrogen-bond acceptors (Lipinski definition) is 3. The van der Waals surface area contributed by atoms with E-state index < -0.39 is 4.92 Å². The first-order chi connectivity index (χ1) is 6.75. The van der Waals surface area contributed by atoms with Gasteiger partial charge in [0.1, 0.15) is 5.56 Å². The first-order valence-electron chi connectivity index (χ1n) is 4.09. The van der Waals surface area contributed by atoms with Crippen molar-refractivity contribution in [2.45, 2.75) is 6.42 Å². The predicted molar refractivity (Wildman–Crippen MR) is 51.7 cm³/mol. The van der Waals surface area contributed by atoms with Gasteiger partial charge >= 0.3 is 0 Å². The van der Waals surface area contributed by atoms with Crippen LogP contribution in [0.3, 0.4) is 0 Å². The molecule has 1 aromatic carbocycles. The van der Waals surface area contributed by atoms with E-state index in [1.165, 1.54) is 6.07 Å². The molecule has 0 amide bonds. The first kappa shape index (κ1) is 10.2. The van der Waals surface area contributed by atoms with Crippen LogP contribution >= 0.6 is 0 Å². The molecule has 0 fully saturated rings. The van der Waals surface area contributed by atoms with Gasteiger partial charge in [0.25, 0.3) is 5.69 Å². The minimum absolute atomic E-state index is 0.00191. The van der Waals surface area contributed by atoms with Crippen molar-refractivity contribution < 1.29 is 10.0 Å². The highest BCUT2D eigenvalue weighted by Gasteiger charge is 2.09. The molecule has 0 saturated heterocycles. The van der Waals surface area contributed by atoms with Crippen molar-refractivity contribution in [2.24, 2.45) is 0 Å². The Morgan fingerprint density at radius 3 is 2.79 bits per heavy atom. The third-order valence-electron chi connectivity index (χ3n) is 1.56. The van der Waals surface area contributed by atoms with Gasteiger partial charge in [-0.25, -0.2) is 0 Å². The lowest BCUT2D eigenvalue weighted by Gasteiger charge is -1.93. The minimum Gasteiger partial charge on any atom is -0.395 e. The van der Waals surface area contributed by atoms with E-state index in [1.54, 1.807) is 18.2 Å². The summed E-state index contributed by atoms with van der Waals surface area (Å²) in [6.45, 7) is -0.0341. The lowest BCUT2D eigenvalue weighted by atomic mass is 10.2. The average molecular weight is 191 g/mol. The van der Waals surface area contributed by atoms with Gasteiger partial charge < -0.3 is 5.11 Å². The molecular formula is C10H9NO3. The molecule has 0 radical (unpaired) electrons. The molecule has 4 nitrogen and oxygen atoms in total. The summed E-state index contributed by atoms with van der Waals surface area (Å²) in [6.07, 6.45) is 0.325. The fraction of sp³-hybridized carbons (Fsp3) is 0.200. The largest absolute Gasteiger partial charge is 0.395 e. The molecule has 0 heterocycles. The van der Waals surface area contributed by atoms with E-state index in [0.29, 0.717) is 12.0 Å². The van der Waals surface area contributed by atoms with Gasteiger partial charge in [0.15, 0.2) is 0 Å². The highest BCUT2D eigenvalue weighted by Crippen LogP contribution is 2.15. The first-order valence-corrected chi connectivity index (χ1v) is 4.09. The summed E-state index contributed by atoms with van der Waals surface area (Å²) < 4.78 is 0. The number of benzene rings is 1. The molecule has 0 unspecified atom stereocenters. The Bertz CT molecular complexity index is 390. The summed E-state index contributed by atoms with van der Waals surface area (Å²) in [7, 11) is 0. The van der Waals surface area contributed by atoms with Gasteiger partial charge in [-0.1, -0.05) is 24.0 Å². The fourth-order valence-electron chi connectivity index (χ4n) is 0.952. The van der Waals surface area contributed by atoms with Crippen molar-refractivity contribution >= 4 is 5.69 Å². The standard InChI is InChI=1S/C10H9NO3/c12-8-4-3-6-9-5-1-2-7-10(9)11(13)14/h1-2,5,7,12H,4,8H2. The Balaban J connectivity index is 2.97. The van der Waals surface area contributed by atoms with Crippen molar-refractivity contribution in [2.75, 3.05) is 6.61 Å². The number of aliphatic hydroxyl groups excluding tert-OH is 1.